The van der Waals surface area contributed by atoms with Crippen LogP contribution in [0.2, 0.25) is 0 Å². The Bertz CT molecular complexity index is 759. The monoisotopic (exact) mass is 298 g/mol. The Labute approximate surface area is 126 Å². The number of thiophene rings is 1. The van der Waals surface area contributed by atoms with Gasteiger partial charge in [-0.15, -0.1) is 11.3 Å². The van der Waals surface area contributed by atoms with Gasteiger partial charge in [0.25, 0.3) is 0 Å². The van der Waals surface area contributed by atoms with Crippen molar-refractivity contribution in [1.29, 1.82) is 0 Å². The normalized spacial score (nSPS) is 10.5. The predicted octanol–water partition coefficient (Wildman–Crippen LogP) is 4.27. The van der Waals surface area contributed by atoms with E-state index in [2.05, 4.69) is 22.2 Å². The molecule has 0 bridgehead atoms. The summed E-state index contributed by atoms with van der Waals surface area (Å²) in [6.45, 7) is 0.515. The van der Waals surface area contributed by atoms with Gasteiger partial charge in [-0.2, -0.15) is 0 Å². The van der Waals surface area contributed by atoms with Gasteiger partial charge in [-0.05, 0) is 41.1 Å². The van der Waals surface area contributed by atoms with Crippen molar-refractivity contribution in [2.45, 2.75) is 6.61 Å². The first-order valence-electron chi connectivity index (χ1n) is 6.54. The van der Waals surface area contributed by atoms with E-state index in [9.17, 15) is 4.79 Å². The van der Waals surface area contributed by atoms with Crippen LogP contribution >= 0.6 is 11.3 Å². The molecule has 3 nitrogen and oxygen atoms in total. The summed E-state index contributed by atoms with van der Waals surface area (Å²) in [7, 11) is 1.37. The SMILES string of the molecule is COC(=O)c1ccc(OCc2csc3ccccc23)cc1. The van der Waals surface area contributed by atoms with Crippen LogP contribution in [0.4, 0.5) is 0 Å². The van der Waals surface area contributed by atoms with Crippen LogP contribution in [0.25, 0.3) is 10.1 Å². The van der Waals surface area contributed by atoms with Crippen molar-refractivity contribution in [3.05, 3.63) is 65.0 Å². The molecule has 0 unspecified atom stereocenters. The number of benzene rings is 2. The zero-order valence-corrected chi connectivity index (χ0v) is 12.4. The molecule has 0 aliphatic carbocycles. The molecule has 0 fully saturated rings. The molecule has 106 valence electrons. The standard InChI is InChI=1S/C17H14O3S/c1-19-17(18)12-6-8-14(9-7-12)20-10-13-11-21-16-5-3-2-4-15(13)16/h2-9,11H,10H2,1H3. The maximum absolute atomic E-state index is 11.4. The molecule has 1 aromatic heterocycles. The van der Waals surface area contributed by atoms with Crippen LogP contribution in [0.5, 0.6) is 5.75 Å². The van der Waals surface area contributed by atoms with Gasteiger partial charge in [-0.3, -0.25) is 0 Å². The molecule has 0 amide bonds. The molecule has 0 N–H and O–H groups in total. The number of hydrogen-bond acceptors (Lipinski definition) is 4. The van der Waals surface area contributed by atoms with Gasteiger partial charge in [0.05, 0.1) is 12.7 Å². The second-order valence-electron chi connectivity index (χ2n) is 4.56. The van der Waals surface area contributed by atoms with Crippen molar-refractivity contribution in [1.82, 2.24) is 0 Å². The summed E-state index contributed by atoms with van der Waals surface area (Å²) < 4.78 is 11.7. The van der Waals surface area contributed by atoms with Gasteiger partial charge in [0.15, 0.2) is 0 Å². The molecule has 1 heterocycles. The summed E-state index contributed by atoms with van der Waals surface area (Å²) in [5.41, 5.74) is 1.69. The maximum atomic E-state index is 11.4. The number of rotatable bonds is 4. The third-order valence-electron chi connectivity index (χ3n) is 3.23. The number of hydrogen-bond donors (Lipinski definition) is 0. The van der Waals surface area contributed by atoms with Gasteiger partial charge in [-0.25, -0.2) is 4.79 Å². The van der Waals surface area contributed by atoms with Gasteiger partial charge in [0.2, 0.25) is 0 Å². The number of ether oxygens (including phenoxy) is 2. The fourth-order valence-corrected chi connectivity index (χ4v) is 3.06. The van der Waals surface area contributed by atoms with Crippen molar-refractivity contribution < 1.29 is 14.3 Å². The van der Waals surface area contributed by atoms with E-state index >= 15 is 0 Å². The van der Waals surface area contributed by atoms with Crippen LogP contribution in [0.1, 0.15) is 15.9 Å². The highest BCUT2D eigenvalue weighted by Crippen LogP contribution is 2.26. The average Bonchev–Trinajstić information content (AvgIpc) is 2.96. The summed E-state index contributed by atoms with van der Waals surface area (Å²) in [6, 6.07) is 15.2. The van der Waals surface area contributed by atoms with E-state index in [1.165, 1.54) is 22.8 Å². The van der Waals surface area contributed by atoms with Crippen LogP contribution in [0.3, 0.4) is 0 Å². The van der Waals surface area contributed by atoms with Crippen molar-refractivity contribution in [3.8, 4) is 5.75 Å². The van der Waals surface area contributed by atoms with E-state index in [-0.39, 0.29) is 5.97 Å². The summed E-state index contributed by atoms with van der Waals surface area (Å²) in [4.78, 5) is 11.4. The summed E-state index contributed by atoms with van der Waals surface area (Å²) in [5.74, 6) is 0.392. The molecule has 4 heteroatoms. The minimum atomic E-state index is -0.342. The van der Waals surface area contributed by atoms with Gasteiger partial charge >= 0.3 is 5.97 Å². The smallest absolute Gasteiger partial charge is 0.337 e. The Morgan fingerprint density at radius 2 is 1.86 bits per heavy atom. The Hall–Kier alpha value is -2.33. The van der Waals surface area contributed by atoms with E-state index in [1.54, 1.807) is 35.6 Å². The molecule has 0 aliphatic rings. The summed E-state index contributed by atoms with van der Waals surface area (Å²) in [6.07, 6.45) is 0. The Morgan fingerprint density at radius 3 is 2.62 bits per heavy atom. The minimum absolute atomic E-state index is 0.342. The first-order valence-corrected chi connectivity index (χ1v) is 7.42. The highest BCUT2D eigenvalue weighted by atomic mass is 32.1. The van der Waals surface area contributed by atoms with Gasteiger partial charge in [0, 0.05) is 10.3 Å². The molecule has 3 aromatic rings. The number of esters is 1. The molecule has 2 aromatic carbocycles. The van der Waals surface area contributed by atoms with Crippen LogP contribution in [0.15, 0.2) is 53.9 Å². The first kappa shape index (κ1) is 13.6. The summed E-state index contributed by atoms with van der Waals surface area (Å²) in [5, 5.41) is 3.35. The lowest BCUT2D eigenvalue weighted by molar-refractivity contribution is 0.0600. The van der Waals surface area contributed by atoms with Crippen LogP contribution < -0.4 is 4.74 Å². The van der Waals surface area contributed by atoms with Crippen LogP contribution in [0, 0.1) is 0 Å². The number of carbonyl (C=O) groups excluding carboxylic acids is 1. The third-order valence-corrected chi connectivity index (χ3v) is 4.24. The number of fused-ring (bicyclic) bond motifs is 1. The minimum Gasteiger partial charge on any atom is -0.489 e. The highest BCUT2D eigenvalue weighted by molar-refractivity contribution is 7.17. The zero-order valence-electron chi connectivity index (χ0n) is 11.5. The second kappa shape index (κ2) is 5.97. The van der Waals surface area contributed by atoms with Gasteiger partial charge in [-0.1, -0.05) is 18.2 Å². The molecule has 0 aliphatic heterocycles. The number of carbonyl (C=O) groups is 1. The molecule has 0 radical (unpaired) electrons. The van der Waals surface area contributed by atoms with Crippen molar-refractivity contribution in [2.75, 3.05) is 7.11 Å². The lowest BCUT2D eigenvalue weighted by atomic mass is 10.2. The van der Waals surface area contributed by atoms with E-state index in [4.69, 9.17) is 4.74 Å². The fraction of sp³-hybridized carbons (Fsp3) is 0.118. The molecule has 3 rings (SSSR count). The largest absolute Gasteiger partial charge is 0.489 e. The van der Waals surface area contributed by atoms with Crippen molar-refractivity contribution in [3.63, 3.8) is 0 Å². The van der Waals surface area contributed by atoms with Crippen LogP contribution in [-0.4, -0.2) is 13.1 Å². The van der Waals surface area contributed by atoms with E-state index in [0.717, 1.165) is 5.75 Å². The van der Waals surface area contributed by atoms with Crippen molar-refractivity contribution >= 4 is 27.4 Å². The Morgan fingerprint density at radius 1 is 1.10 bits per heavy atom. The second-order valence-corrected chi connectivity index (χ2v) is 5.47. The molecule has 0 atom stereocenters. The van der Waals surface area contributed by atoms with E-state index in [1.807, 2.05) is 12.1 Å². The molecule has 21 heavy (non-hydrogen) atoms. The lowest BCUT2D eigenvalue weighted by Crippen LogP contribution is -2.01. The third kappa shape index (κ3) is 2.90. The molecule has 0 spiro atoms. The molecular weight excluding hydrogens is 284 g/mol. The average molecular weight is 298 g/mol. The predicted molar refractivity (Wildman–Crippen MR) is 83.9 cm³/mol. The van der Waals surface area contributed by atoms with Gasteiger partial charge in [0.1, 0.15) is 12.4 Å². The topological polar surface area (TPSA) is 35.5 Å². The summed E-state index contributed by atoms with van der Waals surface area (Å²) >= 11 is 1.72. The Kier molecular flexibility index (Phi) is 3.88. The fourth-order valence-electron chi connectivity index (χ4n) is 2.11. The molecular formula is C17H14O3S. The van der Waals surface area contributed by atoms with E-state index < -0.39 is 0 Å². The Balaban J connectivity index is 1.71. The van der Waals surface area contributed by atoms with Crippen LogP contribution in [-0.2, 0) is 11.3 Å². The number of methoxy groups -OCH3 is 1. The molecule has 0 saturated carbocycles. The van der Waals surface area contributed by atoms with Crippen molar-refractivity contribution in [2.24, 2.45) is 0 Å². The van der Waals surface area contributed by atoms with Gasteiger partial charge < -0.3 is 9.47 Å². The highest BCUT2D eigenvalue weighted by Gasteiger charge is 2.06. The quantitative estimate of drug-likeness (QED) is 0.675. The maximum Gasteiger partial charge on any atom is 0.337 e. The zero-order chi connectivity index (χ0) is 14.7. The first-order chi connectivity index (χ1) is 10.3. The molecule has 0 saturated heterocycles. The van der Waals surface area contributed by atoms with E-state index in [0.29, 0.717) is 12.2 Å². The lowest BCUT2D eigenvalue weighted by Gasteiger charge is -2.06.